The van der Waals surface area contributed by atoms with Crippen LogP contribution in [0.1, 0.15) is 106 Å². The summed E-state index contributed by atoms with van der Waals surface area (Å²) < 4.78 is 55.1. The number of ketones is 1. The Balaban J connectivity index is 1.23. The van der Waals surface area contributed by atoms with Gasteiger partial charge in [0.1, 0.15) is 24.7 Å². The number of rotatable bonds is 37. The largest absolute Gasteiger partial charge is 0.481 e. The topological polar surface area (TPSA) is 239 Å². The van der Waals surface area contributed by atoms with Crippen molar-refractivity contribution in [2.45, 2.75) is 101 Å². The second-order valence-electron chi connectivity index (χ2n) is 14.5. The van der Waals surface area contributed by atoms with Gasteiger partial charge in [0.25, 0.3) is 15.9 Å². The van der Waals surface area contributed by atoms with E-state index in [1.807, 2.05) is 24.3 Å². The molecule has 0 aliphatic rings. The number of sulfonamides is 1. The fourth-order valence-electron chi connectivity index (χ4n) is 5.99. The first-order chi connectivity index (χ1) is 30.0. The molecule has 3 aromatic rings. The second-order valence-corrected chi connectivity index (χ2v) is 16.2. The molecule has 1 aromatic heterocycles. The Morgan fingerprint density at radius 3 is 1.69 bits per heavy atom. The number of nitrogens with one attached hydrogen (secondary N) is 2. The van der Waals surface area contributed by atoms with Gasteiger partial charge in [-0.15, -0.1) is 0 Å². The van der Waals surface area contributed by atoms with E-state index < -0.39 is 27.9 Å². The van der Waals surface area contributed by atoms with Crippen LogP contribution in [0.2, 0.25) is 0 Å². The van der Waals surface area contributed by atoms with Crippen molar-refractivity contribution in [3.63, 3.8) is 0 Å². The molecular weight excluding hydrogens is 825 g/mol. The molecule has 342 valence electrons. The number of benzene rings is 2. The molecule has 1 heterocycles. The molecule has 62 heavy (non-hydrogen) atoms. The number of carboxylic acid groups (broad SMARTS) is 2. The van der Waals surface area contributed by atoms with E-state index in [1.54, 1.807) is 12.1 Å². The number of nitrogens with zero attached hydrogens (tertiary/aromatic N) is 2. The van der Waals surface area contributed by atoms with Crippen molar-refractivity contribution in [2.75, 3.05) is 64.1 Å². The number of carboxylic acids is 2. The van der Waals surface area contributed by atoms with Gasteiger partial charge in [-0.1, -0.05) is 69.9 Å². The highest BCUT2D eigenvalue weighted by molar-refractivity contribution is 7.92. The Kier molecular flexibility index (Phi) is 25.6. The van der Waals surface area contributed by atoms with Crippen molar-refractivity contribution < 1.29 is 61.5 Å². The lowest BCUT2D eigenvalue weighted by Crippen LogP contribution is -2.28. The number of carbonyl (C=O) groups is 4. The van der Waals surface area contributed by atoms with Gasteiger partial charge in [-0.05, 0) is 67.6 Å². The zero-order valence-corrected chi connectivity index (χ0v) is 36.2. The fourth-order valence-corrected chi connectivity index (χ4v) is 6.95. The Morgan fingerprint density at radius 2 is 1.10 bits per heavy atom. The van der Waals surface area contributed by atoms with E-state index in [-0.39, 0.29) is 87.8 Å². The summed E-state index contributed by atoms with van der Waals surface area (Å²) >= 11 is 0. The van der Waals surface area contributed by atoms with Crippen molar-refractivity contribution in [1.82, 2.24) is 15.3 Å². The Bertz CT molecular complexity index is 1850. The van der Waals surface area contributed by atoms with Crippen LogP contribution in [0.15, 0.2) is 65.8 Å². The number of hydrogen-bond acceptors (Lipinski definition) is 13. The first-order valence-corrected chi connectivity index (χ1v) is 22.8. The molecule has 4 N–H and O–H groups in total. The first-order valence-electron chi connectivity index (χ1n) is 21.3. The zero-order valence-electron chi connectivity index (χ0n) is 35.4. The monoisotopic (exact) mass is 886 g/mol. The predicted octanol–water partition coefficient (Wildman–Crippen LogP) is 6.61. The summed E-state index contributed by atoms with van der Waals surface area (Å²) in [4.78, 5) is 53.2. The van der Waals surface area contributed by atoms with Crippen LogP contribution in [-0.4, -0.2) is 112 Å². The number of amides is 1. The minimum absolute atomic E-state index is 0.0198. The molecule has 3 rings (SSSR count). The molecule has 0 bridgehead atoms. The summed E-state index contributed by atoms with van der Waals surface area (Å²) in [5.74, 6) is -1.39. The van der Waals surface area contributed by atoms with Crippen LogP contribution in [0.3, 0.4) is 0 Å². The molecule has 1 amide bonds. The van der Waals surface area contributed by atoms with Gasteiger partial charge in [0.2, 0.25) is 5.95 Å². The average molecular weight is 887 g/mol. The Labute approximate surface area is 364 Å². The smallest absolute Gasteiger partial charge is 0.329 e. The predicted molar refractivity (Wildman–Crippen MR) is 230 cm³/mol. The highest BCUT2D eigenvalue weighted by Gasteiger charge is 2.17. The van der Waals surface area contributed by atoms with E-state index in [0.29, 0.717) is 24.5 Å². The van der Waals surface area contributed by atoms with Crippen molar-refractivity contribution in [1.29, 1.82) is 0 Å². The summed E-state index contributed by atoms with van der Waals surface area (Å²) in [6.45, 7) is 1.12. The highest BCUT2D eigenvalue weighted by atomic mass is 32.2. The van der Waals surface area contributed by atoms with Crippen LogP contribution in [0, 0.1) is 0 Å². The Morgan fingerprint density at radius 1 is 0.565 bits per heavy atom. The van der Waals surface area contributed by atoms with Crippen LogP contribution in [-0.2, 0) is 49.8 Å². The van der Waals surface area contributed by atoms with E-state index >= 15 is 0 Å². The van der Waals surface area contributed by atoms with E-state index in [4.69, 9.17) is 33.9 Å². The normalized spacial score (nSPS) is 11.3. The van der Waals surface area contributed by atoms with Crippen molar-refractivity contribution in [2.24, 2.45) is 0 Å². The lowest BCUT2D eigenvalue weighted by atomic mass is 10.0. The van der Waals surface area contributed by atoms with Crippen LogP contribution in [0.4, 0.5) is 5.95 Å². The van der Waals surface area contributed by atoms with E-state index in [1.165, 1.54) is 75.0 Å². The molecule has 17 nitrogen and oxygen atoms in total. The lowest BCUT2D eigenvalue weighted by molar-refractivity contribution is -0.143. The number of Topliss-reactive ketones (excluding diaryl/α,β-unsaturated/α-hetero) is 1. The van der Waals surface area contributed by atoms with Gasteiger partial charge in [0.15, 0.2) is 5.78 Å². The average Bonchev–Trinajstić information content (AvgIpc) is 3.25. The molecule has 0 spiro atoms. The first kappa shape index (κ1) is 51.3. The van der Waals surface area contributed by atoms with Crippen LogP contribution >= 0.6 is 0 Å². The van der Waals surface area contributed by atoms with Crippen molar-refractivity contribution in [3.05, 3.63) is 72.1 Å². The summed E-state index contributed by atoms with van der Waals surface area (Å²) in [7, 11) is -4.03. The minimum atomic E-state index is -4.03. The third-order valence-corrected chi connectivity index (χ3v) is 10.6. The summed E-state index contributed by atoms with van der Waals surface area (Å²) in [5.41, 5.74) is 1.36. The number of aliphatic carboxylic acids is 2. The van der Waals surface area contributed by atoms with Gasteiger partial charge in [0.05, 0.1) is 43.5 Å². The van der Waals surface area contributed by atoms with Crippen LogP contribution in [0.5, 0.6) is 11.5 Å². The standard InChI is InChI=1S/C44H62N4O13S/c49-37(14-12-25-57-27-30-60-34-42(52)53)33-59-29-28-58-26-24-45-43(54)36-31-46-44(47-32-36)48-62(55,56)40-22-20-39(21-23-40)61-38-18-16-35(17-19-38)13-10-8-6-4-2-1-3-5-7-9-11-15-41(50)51/h16-23,31-32H,1-15,24-30,33-34H2,(H,45,54)(H,50,51)(H,52,53)(H,46,47,48). The summed E-state index contributed by atoms with van der Waals surface area (Å²) in [6, 6.07) is 13.9. The van der Waals surface area contributed by atoms with Gasteiger partial charge < -0.3 is 39.2 Å². The van der Waals surface area contributed by atoms with Gasteiger partial charge in [-0.25, -0.2) is 27.9 Å². The Hall–Kier alpha value is -5.01. The molecule has 0 saturated heterocycles. The maximum Gasteiger partial charge on any atom is 0.329 e. The number of aromatic nitrogens is 2. The molecule has 0 aliphatic carbocycles. The zero-order chi connectivity index (χ0) is 44.7. The number of carbonyl (C=O) groups excluding carboxylic acids is 2. The third-order valence-electron chi connectivity index (χ3n) is 9.30. The van der Waals surface area contributed by atoms with Crippen LogP contribution in [0.25, 0.3) is 0 Å². The number of hydrogen-bond donors (Lipinski definition) is 4. The molecule has 0 aliphatic heterocycles. The van der Waals surface area contributed by atoms with E-state index in [0.717, 1.165) is 32.1 Å². The quantitative estimate of drug-likeness (QED) is 0.0446. The number of aryl methyl sites for hydroxylation is 1. The molecule has 0 atom stereocenters. The molecule has 0 saturated carbocycles. The lowest BCUT2D eigenvalue weighted by Gasteiger charge is -2.10. The van der Waals surface area contributed by atoms with Crippen molar-refractivity contribution >= 4 is 39.6 Å². The highest BCUT2D eigenvalue weighted by Crippen LogP contribution is 2.25. The summed E-state index contributed by atoms with van der Waals surface area (Å²) in [6.07, 6.45) is 17.1. The third kappa shape index (κ3) is 23.8. The maximum absolute atomic E-state index is 13.0. The molecular formula is C44H62N4O13S. The SMILES string of the molecule is O=C(O)CCCCCCCCCCCCCc1ccc(Oc2ccc(S(=O)(=O)Nc3ncc(C(=O)NCCOCCOCC(=O)CCCOCCOCC(=O)O)cn3)cc2)cc1. The fraction of sp³-hybridized carbons (Fsp3) is 0.545. The summed E-state index contributed by atoms with van der Waals surface area (Å²) in [5, 5.41) is 19.8. The van der Waals surface area contributed by atoms with Crippen LogP contribution < -0.4 is 14.8 Å². The number of ether oxygens (including phenoxy) is 5. The molecule has 0 fully saturated rings. The van der Waals surface area contributed by atoms with Gasteiger partial charge in [-0.2, -0.15) is 0 Å². The van der Waals surface area contributed by atoms with Gasteiger partial charge in [0, 0.05) is 38.4 Å². The van der Waals surface area contributed by atoms with Gasteiger partial charge in [-0.3, -0.25) is 14.4 Å². The maximum atomic E-state index is 13.0. The molecule has 18 heteroatoms. The van der Waals surface area contributed by atoms with E-state index in [2.05, 4.69) is 20.0 Å². The number of unbranched alkanes of at least 4 members (excludes halogenated alkanes) is 10. The number of anilines is 1. The minimum Gasteiger partial charge on any atom is -0.481 e. The second kappa shape index (κ2) is 30.9. The molecule has 0 unspecified atom stereocenters. The molecule has 0 radical (unpaired) electrons. The van der Waals surface area contributed by atoms with E-state index in [9.17, 15) is 27.6 Å². The van der Waals surface area contributed by atoms with Gasteiger partial charge >= 0.3 is 11.9 Å². The van der Waals surface area contributed by atoms with Crippen molar-refractivity contribution in [3.8, 4) is 11.5 Å². The molecule has 2 aromatic carbocycles.